The molecule has 16 heteroatoms. The number of benzene rings is 1. The Kier molecular flexibility index (Phi) is 6.53. The number of hydrogen-bond donors (Lipinski definition) is 1. The maximum atomic E-state index is 13.4. The van der Waals surface area contributed by atoms with E-state index in [1.165, 1.54) is 35.1 Å². The van der Waals surface area contributed by atoms with Crippen molar-refractivity contribution in [1.29, 1.82) is 0 Å². The van der Waals surface area contributed by atoms with E-state index in [2.05, 4.69) is 29.8 Å². The molecule has 5 rings (SSSR count). The third kappa shape index (κ3) is 4.80. The molecule has 3 aromatic heterocycles. The number of halogens is 2. The summed E-state index contributed by atoms with van der Waals surface area (Å²) in [5.41, 5.74) is -0.0982. The van der Waals surface area contributed by atoms with Gasteiger partial charge in [0.15, 0.2) is 19.9 Å². The quantitative estimate of drug-likeness (QED) is 0.303. The number of nitrogens with zero attached hydrogens (tertiary/aromatic N) is 6. The molecule has 0 spiro atoms. The molecular formula is C23H21F2N7O4S3. The van der Waals surface area contributed by atoms with Gasteiger partial charge in [0.25, 0.3) is 12.1 Å². The number of rotatable bonds is 8. The van der Waals surface area contributed by atoms with Gasteiger partial charge in [-0.2, -0.15) is 5.10 Å². The molecule has 1 aliphatic carbocycles. The minimum absolute atomic E-state index is 0.00903. The number of hydrogen-bond acceptors (Lipinski definition) is 9. The first kappa shape index (κ1) is 27.2. The molecule has 4 aromatic rings. The predicted octanol–water partition coefficient (Wildman–Crippen LogP) is 3.96. The van der Waals surface area contributed by atoms with Crippen LogP contribution in [0.25, 0.3) is 37.7 Å². The third-order valence-electron chi connectivity index (χ3n) is 6.28. The molecule has 0 aliphatic heterocycles. The Balaban J connectivity index is 1.74. The largest absolute Gasteiger partial charge is 0.299 e. The first-order valence-electron chi connectivity index (χ1n) is 11.5. The normalized spacial score (nSPS) is 15.2. The second-order valence-corrected chi connectivity index (χ2v) is 14.5. The number of aryl methyl sites for hydroxylation is 1. The SMILES string of the molecule is [C-]#[N+]C1(NS(=O)(=O)c2cc(-c3ccc(S(=O)(=O)C(C)C)cn3)c3c(c2)c(-c2nnc(C(F)F)s2)nn3C)CC1. The van der Waals surface area contributed by atoms with E-state index >= 15 is 0 Å². The molecule has 0 radical (unpaired) electrons. The van der Waals surface area contributed by atoms with Crippen LogP contribution >= 0.6 is 11.3 Å². The van der Waals surface area contributed by atoms with Crippen LogP contribution in [0, 0.1) is 6.57 Å². The average molecular weight is 594 g/mol. The Hall–Kier alpha value is -3.39. The third-order valence-corrected chi connectivity index (χ3v) is 10.9. The maximum absolute atomic E-state index is 13.4. The molecule has 0 bridgehead atoms. The molecule has 11 nitrogen and oxygen atoms in total. The fourth-order valence-electron chi connectivity index (χ4n) is 3.96. The summed E-state index contributed by atoms with van der Waals surface area (Å²) < 4.78 is 82.2. The van der Waals surface area contributed by atoms with Crippen molar-refractivity contribution >= 4 is 42.1 Å². The van der Waals surface area contributed by atoms with Crippen LogP contribution in [0.15, 0.2) is 40.3 Å². The summed E-state index contributed by atoms with van der Waals surface area (Å²) in [6.45, 7) is 10.5. The molecule has 1 N–H and O–H groups in total. The average Bonchev–Trinajstić information content (AvgIpc) is 3.31. The predicted molar refractivity (Wildman–Crippen MR) is 139 cm³/mol. The van der Waals surface area contributed by atoms with Crippen LogP contribution in [-0.4, -0.2) is 52.7 Å². The zero-order valence-corrected chi connectivity index (χ0v) is 23.2. The van der Waals surface area contributed by atoms with E-state index < -0.39 is 42.2 Å². The van der Waals surface area contributed by atoms with E-state index in [1.807, 2.05) is 0 Å². The molecular weight excluding hydrogens is 572 g/mol. The molecule has 1 aliphatic rings. The van der Waals surface area contributed by atoms with Crippen molar-refractivity contribution in [1.82, 2.24) is 29.7 Å². The van der Waals surface area contributed by atoms with E-state index in [-0.39, 0.29) is 31.6 Å². The topological polar surface area (TPSA) is 141 Å². The Morgan fingerprint density at radius 2 is 1.85 bits per heavy atom. The lowest BCUT2D eigenvalue weighted by molar-refractivity contribution is 0.150. The van der Waals surface area contributed by atoms with Gasteiger partial charge >= 0.3 is 0 Å². The second kappa shape index (κ2) is 9.37. The molecule has 0 unspecified atom stereocenters. The summed E-state index contributed by atoms with van der Waals surface area (Å²) in [6, 6.07) is 5.55. The number of nitrogens with one attached hydrogen (secondary N) is 1. The standard InChI is InChI=1S/C23H21F2N7O4S3/c1-12(2)38(33,34)13-5-6-17(27-11-13)15-9-14(39(35,36)31-23(26-3)7-8-23)10-16-18(30-32(4)19(15)16)21-28-29-22(37-21)20(24)25/h5-6,9-12,20,31H,7-8H2,1-2,4H3. The Morgan fingerprint density at radius 3 is 2.38 bits per heavy atom. The first-order valence-corrected chi connectivity index (χ1v) is 15.4. The van der Waals surface area contributed by atoms with Crippen LogP contribution in [0.1, 0.15) is 38.1 Å². The lowest BCUT2D eigenvalue weighted by atomic mass is 10.1. The monoisotopic (exact) mass is 593 g/mol. The van der Waals surface area contributed by atoms with Crippen molar-refractivity contribution in [2.45, 2.75) is 53.8 Å². The van der Waals surface area contributed by atoms with E-state index in [9.17, 15) is 25.6 Å². The van der Waals surface area contributed by atoms with Gasteiger partial charge in [0, 0.05) is 24.2 Å². The minimum Gasteiger partial charge on any atom is -0.292 e. The number of aromatic nitrogens is 5. The molecule has 3 heterocycles. The highest BCUT2D eigenvalue weighted by Gasteiger charge is 2.54. The van der Waals surface area contributed by atoms with Gasteiger partial charge in [-0.25, -0.2) is 32.2 Å². The summed E-state index contributed by atoms with van der Waals surface area (Å²) in [4.78, 5) is 7.53. The molecule has 39 heavy (non-hydrogen) atoms. The number of pyridine rings is 1. The van der Waals surface area contributed by atoms with Gasteiger partial charge in [-0.1, -0.05) is 11.3 Å². The van der Waals surface area contributed by atoms with Crippen molar-refractivity contribution in [2.75, 3.05) is 0 Å². The van der Waals surface area contributed by atoms with Gasteiger partial charge in [-0.05, 0) is 38.1 Å². The van der Waals surface area contributed by atoms with E-state index in [1.54, 1.807) is 20.9 Å². The first-order chi connectivity index (χ1) is 18.3. The number of alkyl halides is 2. The fraction of sp³-hybridized carbons (Fsp3) is 0.348. The van der Waals surface area contributed by atoms with Gasteiger partial charge < -0.3 is 0 Å². The highest BCUT2D eigenvalue weighted by molar-refractivity contribution is 7.92. The molecule has 1 aromatic carbocycles. The zero-order valence-electron chi connectivity index (χ0n) is 20.8. The Bertz CT molecular complexity index is 1860. The minimum atomic E-state index is -4.21. The van der Waals surface area contributed by atoms with Gasteiger partial charge in [0.2, 0.25) is 10.0 Å². The molecule has 204 valence electrons. The molecule has 1 saturated carbocycles. The Labute approximate surface area is 226 Å². The number of fused-ring (bicyclic) bond motifs is 1. The lowest BCUT2D eigenvalue weighted by Crippen LogP contribution is -2.34. The van der Waals surface area contributed by atoms with Crippen molar-refractivity contribution < 1.29 is 25.6 Å². The molecule has 0 amide bonds. The summed E-state index contributed by atoms with van der Waals surface area (Å²) in [7, 11) is -6.22. The molecule has 1 fully saturated rings. The van der Waals surface area contributed by atoms with Gasteiger partial charge in [0.05, 0.1) is 39.1 Å². The fourth-order valence-corrected chi connectivity index (χ4v) is 7.08. The van der Waals surface area contributed by atoms with Crippen LogP contribution in [0.5, 0.6) is 0 Å². The smallest absolute Gasteiger partial charge is 0.292 e. The van der Waals surface area contributed by atoms with Gasteiger partial charge in [-0.3, -0.25) is 14.5 Å². The summed E-state index contributed by atoms with van der Waals surface area (Å²) in [5, 5.41) is 10.9. The zero-order chi connectivity index (χ0) is 28.3. The maximum Gasteiger partial charge on any atom is 0.299 e. The van der Waals surface area contributed by atoms with E-state index in [0.29, 0.717) is 35.3 Å². The Morgan fingerprint density at radius 1 is 1.13 bits per heavy atom. The van der Waals surface area contributed by atoms with Crippen molar-refractivity contribution in [3.63, 3.8) is 0 Å². The van der Waals surface area contributed by atoms with Crippen LogP contribution in [0.3, 0.4) is 0 Å². The van der Waals surface area contributed by atoms with Crippen LogP contribution in [-0.2, 0) is 26.9 Å². The number of sulfone groups is 1. The molecule has 0 atom stereocenters. The summed E-state index contributed by atoms with van der Waals surface area (Å²) >= 11 is 0.633. The number of sulfonamides is 1. The summed E-state index contributed by atoms with van der Waals surface area (Å²) in [6.07, 6.45) is -0.893. The van der Waals surface area contributed by atoms with Gasteiger partial charge in [0.1, 0.15) is 5.69 Å². The second-order valence-electron chi connectivity index (χ2n) is 9.31. The van der Waals surface area contributed by atoms with E-state index in [4.69, 9.17) is 6.57 Å². The van der Waals surface area contributed by atoms with Gasteiger partial charge in [-0.15, -0.1) is 14.9 Å². The van der Waals surface area contributed by atoms with Crippen LogP contribution < -0.4 is 4.72 Å². The van der Waals surface area contributed by atoms with Crippen molar-refractivity contribution in [3.05, 3.63) is 46.9 Å². The van der Waals surface area contributed by atoms with Crippen LogP contribution in [0.4, 0.5) is 8.78 Å². The highest BCUT2D eigenvalue weighted by Crippen LogP contribution is 2.41. The summed E-state index contributed by atoms with van der Waals surface area (Å²) in [5.74, 6) is 0. The van der Waals surface area contributed by atoms with Crippen LogP contribution in [0.2, 0.25) is 0 Å². The molecule has 0 saturated heterocycles. The van der Waals surface area contributed by atoms with Crippen molar-refractivity contribution in [2.24, 2.45) is 7.05 Å². The van der Waals surface area contributed by atoms with Crippen molar-refractivity contribution in [3.8, 4) is 22.0 Å². The lowest BCUT2D eigenvalue weighted by Gasteiger charge is -2.12. The van der Waals surface area contributed by atoms with E-state index in [0.717, 1.165) is 0 Å². The highest BCUT2D eigenvalue weighted by atomic mass is 32.2.